The second-order valence-corrected chi connectivity index (χ2v) is 7.03. The van der Waals surface area contributed by atoms with Crippen molar-refractivity contribution in [3.63, 3.8) is 0 Å². The third kappa shape index (κ3) is 2.76. The summed E-state index contributed by atoms with van der Waals surface area (Å²) in [7, 11) is 1.99. The summed E-state index contributed by atoms with van der Waals surface area (Å²) in [5, 5.41) is 8.84. The fourth-order valence-corrected chi connectivity index (χ4v) is 3.94. The molecule has 4 heterocycles. The van der Waals surface area contributed by atoms with Gasteiger partial charge in [0.1, 0.15) is 6.33 Å². The van der Waals surface area contributed by atoms with Crippen molar-refractivity contribution >= 4 is 11.6 Å². The summed E-state index contributed by atoms with van der Waals surface area (Å²) in [6, 6.07) is 13.8. The van der Waals surface area contributed by atoms with E-state index in [1.165, 1.54) is 17.6 Å². The zero-order valence-electron chi connectivity index (χ0n) is 15.6. The van der Waals surface area contributed by atoms with Crippen LogP contribution in [0.2, 0.25) is 0 Å². The molecule has 3 aromatic heterocycles. The molecule has 0 bridgehead atoms. The molecule has 0 fully saturated rings. The van der Waals surface area contributed by atoms with Crippen LogP contribution in [0.5, 0.6) is 0 Å². The SMILES string of the molecule is Cn1nc(-c2ccccc2)c2c1CCN(C(=O)c1ccn3ncnc3c1)CC2. The molecule has 0 saturated carbocycles. The first-order chi connectivity index (χ1) is 13.7. The molecule has 0 N–H and O–H groups in total. The van der Waals surface area contributed by atoms with Gasteiger partial charge in [0.05, 0.1) is 5.69 Å². The molecular formula is C21H20N6O. The number of carbonyl (C=O) groups is 1. The van der Waals surface area contributed by atoms with E-state index in [4.69, 9.17) is 5.10 Å². The van der Waals surface area contributed by atoms with Crippen LogP contribution in [-0.2, 0) is 19.9 Å². The molecule has 0 spiro atoms. The van der Waals surface area contributed by atoms with E-state index < -0.39 is 0 Å². The minimum absolute atomic E-state index is 0.0347. The third-order valence-electron chi connectivity index (χ3n) is 5.39. The maximum Gasteiger partial charge on any atom is 0.254 e. The molecule has 7 nitrogen and oxygen atoms in total. The molecule has 1 aliphatic rings. The molecule has 28 heavy (non-hydrogen) atoms. The predicted octanol–water partition coefficient (Wildman–Crippen LogP) is 2.37. The van der Waals surface area contributed by atoms with Gasteiger partial charge in [0, 0.05) is 55.1 Å². The highest BCUT2D eigenvalue weighted by atomic mass is 16.2. The summed E-state index contributed by atoms with van der Waals surface area (Å²) >= 11 is 0. The van der Waals surface area contributed by atoms with Crippen LogP contribution in [0.4, 0.5) is 0 Å². The van der Waals surface area contributed by atoms with Crippen molar-refractivity contribution in [3.05, 3.63) is 71.8 Å². The lowest BCUT2D eigenvalue weighted by atomic mass is 10.0. The van der Waals surface area contributed by atoms with Gasteiger partial charge in [-0.25, -0.2) is 9.50 Å². The van der Waals surface area contributed by atoms with Gasteiger partial charge >= 0.3 is 0 Å². The van der Waals surface area contributed by atoms with Crippen LogP contribution >= 0.6 is 0 Å². The van der Waals surface area contributed by atoms with Crippen LogP contribution in [0.15, 0.2) is 55.0 Å². The van der Waals surface area contributed by atoms with Crippen molar-refractivity contribution in [1.29, 1.82) is 0 Å². The Bertz CT molecular complexity index is 1160. The molecule has 0 radical (unpaired) electrons. The predicted molar refractivity (Wildman–Crippen MR) is 105 cm³/mol. The normalized spacial score (nSPS) is 14.1. The van der Waals surface area contributed by atoms with E-state index in [2.05, 4.69) is 22.2 Å². The Morgan fingerprint density at radius 2 is 1.89 bits per heavy atom. The lowest BCUT2D eigenvalue weighted by Gasteiger charge is -2.20. The van der Waals surface area contributed by atoms with Crippen molar-refractivity contribution in [2.24, 2.45) is 7.05 Å². The number of nitrogens with zero attached hydrogens (tertiary/aromatic N) is 6. The fourth-order valence-electron chi connectivity index (χ4n) is 3.94. The van der Waals surface area contributed by atoms with Crippen molar-refractivity contribution in [2.45, 2.75) is 12.8 Å². The van der Waals surface area contributed by atoms with E-state index in [9.17, 15) is 4.79 Å². The minimum Gasteiger partial charge on any atom is -0.338 e. The average molecular weight is 372 g/mol. The maximum absolute atomic E-state index is 13.1. The maximum atomic E-state index is 13.1. The lowest BCUT2D eigenvalue weighted by molar-refractivity contribution is 0.0762. The molecular weight excluding hydrogens is 352 g/mol. The Morgan fingerprint density at radius 1 is 1.07 bits per heavy atom. The Labute approximate surface area is 162 Å². The summed E-state index contributed by atoms with van der Waals surface area (Å²) in [6.07, 6.45) is 4.86. The summed E-state index contributed by atoms with van der Waals surface area (Å²) in [6.45, 7) is 1.35. The van der Waals surface area contributed by atoms with E-state index in [1.54, 1.807) is 22.8 Å². The number of aryl methyl sites for hydroxylation is 1. The lowest BCUT2D eigenvalue weighted by Crippen LogP contribution is -2.33. The van der Waals surface area contributed by atoms with Gasteiger partial charge in [0.2, 0.25) is 0 Å². The largest absolute Gasteiger partial charge is 0.338 e. The van der Waals surface area contributed by atoms with Crippen LogP contribution < -0.4 is 0 Å². The second-order valence-electron chi connectivity index (χ2n) is 7.03. The number of benzene rings is 1. The first-order valence-electron chi connectivity index (χ1n) is 9.39. The van der Waals surface area contributed by atoms with Gasteiger partial charge in [-0.3, -0.25) is 9.48 Å². The first-order valence-corrected chi connectivity index (χ1v) is 9.39. The zero-order chi connectivity index (χ0) is 19.1. The van der Waals surface area contributed by atoms with Crippen LogP contribution in [0, 0.1) is 0 Å². The van der Waals surface area contributed by atoms with E-state index in [0.29, 0.717) is 24.3 Å². The number of carbonyl (C=O) groups excluding carboxylic acids is 1. The van der Waals surface area contributed by atoms with E-state index in [1.807, 2.05) is 34.8 Å². The topological polar surface area (TPSA) is 68.3 Å². The van der Waals surface area contributed by atoms with Gasteiger partial charge in [-0.05, 0) is 18.6 Å². The number of hydrogen-bond acceptors (Lipinski definition) is 4. The zero-order valence-corrected chi connectivity index (χ0v) is 15.6. The van der Waals surface area contributed by atoms with Crippen LogP contribution in [0.25, 0.3) is 16.9 Å². The minimum atomic E-state index is 0.0347. The highest BCUT2D eigenvalue weighted by Crippen LogP contribution is 2.28. The number of hydrogen-bond donors (Lipinski definition) is 0. The molecule has 1 aliphatic heterocycles. The van der Waals surface area contributed by atoms with Crippen LogP contribution in [0.3, 0.4) is 0 Å². The van der Waals surface area contributed by atoms with Gasteiger partial charge in [0.25, 0.3) is 5.91 Å². The molecule has 0 aliphatic carbocycles. The number of aromatic nitrogens is 5. The van der Waals surface area contributed by atoms with E-state index >= 15 is 0 Å². The molecule has 1 amide bonds. The van der Waals surface area contributed by atoms with Crippen molar-refractivity contribution in [3.8, 4) is 11.3 Å². The number of rotatable bonds is 2. The quantitative estimate of drug-likeness (QED) is 0.542. The van der Waals surface area contributed by atoms with Gasteiger partial charge in [-0.15, -0.1) is 0 Å². The van der Waals surface area contributed by atoms with Gasteiger partial charge in [0.15, 0.2) is 5.65 Å². The smallest absolute Gasteiger partial charge is 0.254 e. The molecule has 7 heteroatoms. The standard InChI is InChI=1S/C21H20N6O/c1-25-18-9-11-26(21(28)16-7-12-27-19(13-16)22-14-23-27)10-8-17(18)20(24-25)15-5-3-2-4-6-15/h2-7,12-14H,8-11H2,1H3. The molecule has 0 saturated heterocycles. The highest BCUT2D eigenvalue weighted by Gasteiger charge is 2.25. The number of pyridine rings is 1. The number of amides is 1. The molecule has 0 atom stereocenters. The molecule has 1 aromatic carbocycles. The summed E-state index contributed by atoms with van der Waals surface area (Å²) in [5.74, 6) is 0.0347. The number of fused-ring (bicyclic) bond motifs is 2. The summed E-state index contributed by atoms with van der Waals surface area (Å²) in [4.78, 5) is 19.2. The second kappa shape index (κ2) is 6.60. The van der Waals surface area contributed by atoms with E-state index in [-0.39, 0.29) is 5.91 Å². The monoisotopic (exact) mass is 372 g/mol. The highest BCUT2D eigenvalue weighted by molar-refractivity contribution is 5.95. The fraction of sp³-hybridized carbons (Fsp3) is 0.238. The summed E-state index contributed by atoms with van der Waals surface area (Å²) in [5.41, 5.74) is 5.93. The summed E-state index contributed by atoms with van der Waals surface area (Å²) < 4.78 is 3.63. The Kier molecular flexibility index (Phi) is 3.93. The average Bonchev–Trinajstić information content (AvgIpc) is 3.25. The van der Waals surface area contributed by atoms with Crippen molar-refractivity contribution in [1.82, 2.24) is 29.3 Å². The van der Waals surface area contributed by atoms with Gasteiger partial charge < -0.3 is 4.90 Å². The van der Waals surface area contributed by atoms with Crippen molar-refractivity contribution in [2.75, 3.05) is 13.1 Å². The molecule has 5 rings (SSSR count). The van der Waals surface area contributed by atoms with Crippen molar-refractivity contribution < 1.29 is 4.79 Å². The van der Waals surface area contributed by atoms with Gasteiger partial charge in [-0.1, -0.05) is 30.3 Å². The first kappa shape index (κ1) is 16.7. The molecule has 4 aromatic rings. The Balaban J connectivity index is 1.42. The van der Waals surface area contributed by atoms with E-state index in [0.717, 1.165) is 24.1 Å². The third-order valence-corrected chi connectivity index (χ3v) is 5.39. The molecule has 140 valence electrons. The van der Waals surface area contributed by atoms with Gasteiger partial charge in [-0.2, -0.15) is 10.2 Å². The Hall–Kier alpha value is -3.48. The van der Waals surface area contributed by atoms with Crippen LogP contribution in [-0.4, -0.2) is 48.3 Å². The van der Waals surface area contributed by atoms with Crippen LogP contribution in [0.1, 0.15) is 21.6 Å². The Morgan fingerprint density at radius 3 is 2.75 bits per heavy atom. The molecule has 0 unspecified atom stereocenters.